The molecule has 8 nitrogen and oxygen atoms in total. The standard InChI is InChI=1S/C20H28N4O4/c1-27-16-6-7-22-14(19(16)28-2)11-23-9-12-8-13(10-23)18(20(21)26)24-15(12)4-3-5-17(24)25/h6-7,12-13,15,18H,3-5,8-11H2,1-2H3,(H2,21,26)/t12-,13+,15+,18-/m1/s1. The van der Waals surface area contributed by atoms with Gasteiger partial charge in [0.15, 0.2) is 11.5 Å². The molecule has 3 fully saturated rings. The summed E-state index contributed by atoms with van der Waals surface area (Å²) < 4.78 is 10.9. The van der Waals surface area contributed by atoms with Gasteiger partial charge in [0.05, 0.1) is 14.2 Å². The molecular weight excluding hydrogens is 360 g/mol. The summed E-state index contributed by atoms with van der Waals surface area (Å²) in [6.07, 6.45) is 5.02. The number of carbonyl (C=O) groups is 2. The molecule has 2 amide bonds. The van der Waals surface area contributed by atoms with Crippen molar-refractivity contribution in [2.75, 3.05) is 27.3 Å². The summed E-state index contributed by atoms with van der Waals surface area (Å²) >= 11 is 0. The van der Waals surface area contributed by atoms with Crippen LogP contribution in [0.2, 0.25) is 0 Å². The number of primary amides is 1. The van der Waals surface area contributed by atoms with Gasteiger partial charge in [-0.1, -0.05) is 0 Å². The van der Waals surface area contributed by atoms with Crippen molar-refractivity contribution in [2.45, 2.75) is 44.3 Å². The normalized spacial score (nSPS) is 29.9. The molecule has 3 saturated heterocycles. The molecule has 1 aromatic rings. The molecule has 0 unspecified atom stereocenters. The molecule has 0 aromatic carbocycles. The lowest BCUT2D eigenvalue weighted by Gasteiger charge is -2.55. The fourth-order valence-corrected chi connectivity index (χ4v) is 5.42. The van der Waals surface area contributed by atoms with E-state index in [1.807, 2.05) is 4.90 Å². The average molecular weight is 388 g/mol. The van der Waals surface area contributed by atoms with Gasteiger partial charge >= 0.3 is 0 Å². The van der Waals surface area contributed by atoms with Crippen LogP contribution >= 0.6 is 0 Å². The fourth-order valence-electron chi connectivity index (χ4n) is 5.42. The highest BCUT2D eigenvalue weighted by molar-refractivity contribution is 5.88. The van der Waals surface area contributed by atoms with Crippen LogP contribution in [0.5, 0.6) is 11.5 Å². The maximum atomic E-state index is 12.6. The van der Waals surface area contributed by atoms with Gasteiger partial charge in [0.1, 0.15) is 11.7 Å². The Morgan fingerprint density at radius 2 is 2.07 bits per heavy atom. The Bertz CT molecular complexity index is 771. The van der Waals surface area contributed by atoms with E-state index in [1.54, 1.807) is 26.5 Å². The molecule has 0 radical (unpaired) electrons. The molecule has 8 heteroatoms. The van der Waals surface area contributed by atoms with Crippen molar-refractivity contribution < 1.29 is 19.1 Å². The summed E-state index contributed by atoms with van der Waals surface area (Å²) in [6, 6.07) is 1.39. The number of nitrogens with two attached hydrogens (primary N) is 1. The van der Waals surface area contributed by atoms with Crippen LogP contribution in [0, 0.1) is 11.8 Å². The number of pyridine rings is 1. The third kappa shape index (κ3) is 3.19. The van der Waals surface area contributed by atoms with E-state index < -0.39 is 6.04 Å². The SMILES string of the molecule is COc1ccnc(CN2C[C@H]3C[C@@H](C2)[C@H](C(N)=O)N2C(=O)CCC[C@@H]32)c1OC. The van der Waals surface area contributed by atoms with E-state index in [-0.39, 0.29) is 23.8 Å². The molecule has 4 atom stereocenters. The van der Waals surface area contributed by atoms with E-state index in [2.05, 4.69) is 9.88 Å². The number of nitrogens with zero attached hydrogens (tertiary/aromatic N) is 3. The number of ether oxygens (including phenoxy) is 2. The highest BCUT2D eigenvalue weighted by atomic mass is 16.5. The minimum absolute atomic E-state index is 0.0613. The predicted octanol–water partition coefficient (Wildman–Crippen LogP) is 0.786. The van der Waals surface area contributed by atoms with Crippen LogP contribution < -0.4 is 15.2 Å². The Balaban J connectivity index is 1.59. The van der Waals surface area contributed by atoms with Crippen molar-refractivity contribution in [2.24, 2.45) is 17.6 Å². The molecule has 2 bridgehead atoms. The molecule has 4 heterocycles. The van der Waals surface area contributed by atoms with E-state index in [9.17, 15) is 9.59 Å². The smallest absolute Gasteiger partial charge is 0.240 e. The minimum atomic E-state index is -0.503. The number of carbonyl (C=O) groups excluding carboxylic acids is 2. The van der Waals surface area contributed by atoms with Crippen LogP contribution in [0.15, 0.2) is 12.3 Å². The van der Waals surface area contributed by atoms with Crippen LogP contribution in [-0.2, 0) is 16.1 Å². The van der Waals surface area contributed by atoms with Crippen LogP contribution in [0.25, 0.3) is 0 Å². The Morgan fingerprint density at radius 3 is 2.79 bits per heavy atom. The first-order valence-corrected chi connectivity index (χ1v) is 9.92. The minimum Gasteiger partial charge on any atom is -0.493 e. The molecule has 152 valence electrons. The summed E-state index contributed by atoms with van der Waals surface area (Å²) in [6.45, 7) is 2.20. The number of rotatable bonds is 5. The Labute approximate surface area is 165 Å². The first-order chi connectivity index (χ1) is 13.5. The number of fused-ring (bicyclic) bond motifs is 4. The zero-order chi connectivity index (χ0) is 19.8. The average Bonchev–Trinajstić information content (AvgIpc) is 2.68. The van der Waals surface area contributed by atoms with Crippen LogP contribution in [-0.4, -0.2) is 66.0 Å². The molecule has 3 aliphatic rings. The van der Waals surface area contributed by atoms with E-state index >= 15 is 0 Å². The number of methoxy groups -OCH3 is 2. The first-order valence-electron chi connectivity index (χ1n) is 9.92. The number of piperidine rings is 3. The quantitative estimate of drug-likeness (QED) is 0.801. The zero-order valence-electron chi connectivity index (χ0n) is 16.5. The second kappa shape index (κ2) is 7.58. The predicted molar refractivity (Wildman–Crippen MR) is 102 cm³/mol. The van der Waals surface area contributed by atoms with Gasteiger partial charge in [-0.2, -0.15) is 0 Å². The van der Waals surface area contributed by atoms with Gasteiger partial charge in [0.25, 0.3) is 0 Å². The van der Waals surface area contributed by atoms with Gasteiger partial charge in [0.2, 0.25) is 11.8 Å². The van der Waals surface area contributed by atoms with E-state index in [0.717, 1.165) is 31.5 Å². The number of hydrogen-bond donors (Lipinski definition) is 1. The zero-order valence-corrected chi connectivity index (χ0v) is 16.5. The van der Waals surface area contributed by atoms with Gasteiger partial charge in [-0.05, 0) is 25.2 Å². The van der Waals surface area contributed by atoms with Gasteiger partial charge in [-0.3, -0.25) is 19.5 Å². The topological polar surface area (TPSA) is 98.0 Å². The lowest BCUT2D eigenvalue weighted by atomic mass is 9.72. The maximum absolute atomic E-state index is 12.6. The number of likely N-dealkylation sites (tertiary alicyclic amines) is 1. The van der Waals surface area contributed by atoms with Gasteiger partial charge in [0, 0.05) is 50.3 Å². The van der Waals surface area contributed by atoms with Gasteiger partial charge in [-0.25, -0.2) is 0 Å². The molecule has 3 aliphatic heterocycles. The monoisotopic (exact) mass is 388 g/mol. The highest BCUT2D eigenvalue weighted by Gasteiger charge is 2.51. The Kier molecular flexibility index (Phi) is 5.14. The van der Waals surface area contributed by atoms with Gasteiger partial charge < -0.3 is 20.1 Å². The molecule has 1 aromatic heterocycles. The van der Waals surface area contributed by atoms with Crippen molar-refractivity contribution in [3.05, 3.63) is 18.0 Å². The largest absolute Gasteiger partial charge is 0.493 e. The molecule has 2 N–H and O–H groups in total. The first kappa shape index (κ1) is 19.0. The second-order valence-electron chi connectivity index (χ2n) is 8.05. The van der Waals surface area contributed by atoms with Crippen LogP contribution in [0.4, 0.5) is 0 Å². The molecule has 0 saturated carbocycles. The Hall–Kier alpha value is -2.35. The van der Waals surface area contributed by atoms with Crippen LogP contribution in [0.1, 0.15) is 31.4 Å². The second-order valence-corrected chi connectivity index (χ2v) is 8.05. The summed E-state index contributed by atoms with van der Waals surface area (Å²) in [5.74, 6) is 1.41. The lowest BCUT2D eigenvalue weighted by molar-refractivity contribution is -0.159. The summed E-state index contributed by atoms with van der Waals surface area (Å²) in [4.78, 5) is 33.5. The number of aromatic nitrogens is 1. The van der Waals surface area contributed by atoms with Crippen molar-refractivity contribution in [1.29, 1.82) is 0 Å². The Morgan fingerprint density at radius 1 is 1.29 bits per heavy atom. The third-order valence-corrected chi connectivity index (χ3v) is 6.45. The summed E-state index contributed by atoms with van der Waals surface area (Å²) in [5, 5.41) is 0. The van der Waals surface area contributed by atoms with E-state index in [0.29, 0.717) is 36.9 Å². The lowest BCUT2D eigenvalue weighted by Crippen LogP contribution is -2.67. The highest BCUT2D eigenvalue weighted by Crippen LogP contribution is 2.42. The van der Waals surface area contributed by atoms with E-state index in [4.69, 9.17) is 15.2 Å². The number of hydrogen-bond acceptors (Lipinski definition) is 6. The molecule has 28 heavy (non-hydrogen) atoms. The van der Waals surface area contributed by atoms with Crippen molar-refractivity contribution in [3.8, 4) is 11.5 Å². The third-order valence-electron chi connectivity index (χ3n) is 6.45. The van der Waals surface area contributed by atoms with Gasteiger partial charge in [-0.15, -0.1) is 0 Å². The molecular formula is C20H28N4O4. The van der Waals surface area contributed by atoms with Crippen molar-refractivity contribution in [1.82, 2.24) is 14.8 Å². The molecule has 0 spiro atoms. The maximum Gasteiger partial charge on any atom is 0.240 e. The molecule has 4 rings (SSSR count). The van der Waals surface area contributed by atoms with Crippen molar-refractivity contribution in [3.63, 3.8) is 0 Å². The molecule has 0 aliphatic carbocycles. The van der Waals surface area contributed by atoms with E-state index in [1.165, 1.54) is 0 Å². The van der Waals surface area contributed by atoms with Crippen molar-refractivity contribution >= 4 is 11.8 Å². The summed E-state index contributed by atoms with van der Waals surface area (Å²) in [5.41, 5.74) is 6.57. The fraction of sp³-hybridized carbons (Fsp3) is 0.650. The van der Waals surface area contributed by atoms with Crippen LogP contribution in [0.3, 0.4) is 0 Å². The summed E-state index contributed by atoms with van der Waals surface area (Å²) in [7, 11) is 3.22. The number of amides is 2.